The summed E-state index contributed by atoms with van der Waals surface area (Å²) in [5.41, 5.74) is 7.36. The van der Waals surface area contributed by atoms with E-state index in [2.05, 4.69) is 20.6 Å². The number of ether oxygens (including phenoxy) is 3. The summed E-state index contributed by atoms with van der Waals surface area (Å²) in [6, 6.07) is 5.59. The Kier molecular flexibility index (Phi) is 4.62. The molecular formula is C15H19N5O3. The third kappa shape index (κ3) is 3.54. The molecule has 23 heavy (non-hydrogen) atoms. The lowest BCUT2D eigenvalue weighted by Crippen LogP contribution is -2.15. The van der Waals surface area contributed by atoms with Crippen LogP contribution in [0.25, 0.3) is 0 Å². The van der Waals surface area contributed by atoms with Gasteiger partial charge in [-0.3, -0.25) is 0 Å². The van der Waals surface area contributed by atoms with Crippen LogP contribution in [0.3, 0.4) is 0 Å². The number of aromatic nitrogens is 2. The summed E-state index contributed by atoms with van der Waals surface area (Å²) in [5.74, 6) is 2.53. The molecule has 8 nitrogen and oxygen atoms in total. The first-order chi connectivity index (χ1) is 11.3. The number of benzene rings is 1. The summed E-state index contributed by atoms with van der Waals surface area (Å²) in [7, 11) is 1.64. The molecule has 1 aliphatic rings. The summed E-state index contributed by atoms with van der Waals surface area (Å²) in [6.07, 6.45) is 1.45. The molecule has 122 valence electrons. The zero-order valence-electron chi connectivity index (χ0n) is 12.8. The smallest absolute Gasteiger partial charge is 0.163 e. The van der Waals surface area contributed by atoms with Gasteiger partial charge in [-0.15, -0.1) is 0 Å². The van der Waals surface area contributed by atoms with Crippen molar-refractivity contribution in [2.24, 2.45) is 0 Å². The van der Waals surface area contributed by atoms with Crippen molar-refractivity contribution in [1.82, 2.24) is 9.97 Å². The van der Waals surface area contributed by atoms with Crippen LogP contribution in [-0.2, 0) is 4.74 Å². The average molecular weight is 317 g/mol. The largest absolute Gasteiger partial charge is 0.486 e. The highest BCUT2D eigenvalue weighted by Gasteiger charge is 2.13. The van der Waals surface area contributed by atoms with E-state index >= 15 is 0 Å². The first-order valence-electron chi connectivity index (χ1n) is 7.28. The fourth-order valence-electron chi connectivity index (χ4n) is 2.17. The van der Waals surface area contributed by atoms with E-state index < -0.39 is 0 Å². The zero-order chi connectivity index (χ0) is 16.1. The number of nitrogen functional groups attached to an aromatic ring is 1. The minimum absolute atomic E-state index is 0.443. The van der Waals surface area contributed by atoms with Crippen molar-refractivity contribution < 1.29 is 14.2 Å². The lowest BCUT2D eigenvalue weighted by molar-refractivity contribution is 0.171. The summed E-state index contributed by atoms with van der Waals surface area (Å²) in [4.78, 5) is 8.32. The van der Waals surface area contributed by atoms with Gasteiger partial charge < -0.3 is 30.6 Å². The third-order valence-electron chi connectivity index (χ3n) is 3.29. The third-order valence-corrected chi connectivity index (χ3v) is 3.29. The molecule has 2 heterocycles. The Morgan fingerprint density at radius 3 is 2.78 bits per heavy atom. The quantitative estimate of drug-likeness (QED) is 0.691. The number of fused-ring (bicyclic) bond motifs is 1. The van der Waals surface area contributed by atoms with Crippen molar-refractivity contribution in [2.45, 2.75) is 0 Å². The van der Waals surface area contributed by atoms with Crippen LogP contribution in [0.5, 0.6) is 11.5 Å². The number of nitrogens with zero attached hydrogens (tertiary/aromatic N) is 2. The highest BCUT2D eigenvalue weighted by atomic mass is 16.6. The topological polar surface area (TPSA) is 104 Å². The number of nitrogens with two attached hydrogens (primary N) is 1. The van der Waals surface area contributed by atoms with Crippen LogP contribution >= 0.6 is 0 Å². The van der Waals surface area contributed by atoms with Crippen LogP contribution in [-0.4, -0.2) is 43.4 Å². The van der Waals surface area contributed by atoms with Crippen LogP contribution in [0, 0.1) is 0 Å². The maximum absolute atomic E-state index is 6.10. The first kappa shape index (κ1) is 15.2. The predicted octanol–water partition coefficient (Wildman–Crippen LogP) is 1.63. The Morgan fingerprint density at radius 1 is 1.17 bits per heavy atom. The molecule has 0 aliphatic carbocycles. The molecule has 0 saturated carbocycles. The number of methoxy groups -OCH3 is 1. The van der Waals surface area contributed by atoms with Gasteiger partial charge in [0.05, 0.1) is 6.61 Å². The van der Waals surface area contributed by atoms with E-state index in [9.17, 15) is 0 Å². The molecule has 0 radical (unpaired) electrons. The van der Waals surface area contributed by atoms with E-state index in [1.807, 2.05) is 18.2 Å². The van der Waals surface area contributed by atoms with E-state index in [0.717, 1.165) is 11.4 Å². The standard InChI is InChI=1S/C15H19N5O3/c1-21-5-4-17-14-13(16)15(19-9-18-14)20-10-2-3-11-12(8-10)23-7-6-22-11/h2-3,8-9H,4-7,16H2,1H3,(H2,17,18,19,20). The Bertz CT molecular complexity index is 680. The van der Waals surface area contributed by atoms with E-state index in [1.165, 1.54) is 6.33 Å². The normalized spacial score (nSPS) is 12.7. The van der Waals surface area contributed by atoms with Gasteiger partial charge in [0, 0.05) is 25.4 Å². The minimum Gasteiger partial charge on any atom is -0.486 e. The average Bonchev–Trinajstić information content (AvgIpc) is 2.58. The van der Waals surface area contributed by atoms with Crippen LogP contribution in [0.2, 0.25) is 0 Å². The molecule has 0 bridgehead atoms. The summed E-state index contributed by atoms with van der Waals surface area (Å²) in [6.45, 7) is 2.28. The van der Waals surface area contributed by atoms with Crippen LogP contribution < -0.4 is 25.8 Å². The molecular weight excluding hydrogens is 298 g/mol. The monoisotopic (exact) mass is 317 g/mol. The molecule has 1 aliphatic heterocycles. The molecule has 3 rings (SSSR count). The molecule has 0 spiro atoms. The molecule has 2 aromatic rings. The first-order valence-corrected chi connectivity index (χ1v) is 7.28. The van der Waals surface area contributed by atoms with Crippen molar-refractivity contribution in [3.63, 3.8) is 0 Å². The van der Waals surface area contributed by atoms with Gasteiger partial charge >= 0.3 is 0 Å². The molecule has 0 saturated heterocycles. The van der Waals surface area contributed by atoms with Gasteiger partial charge in [0.1, 0.15) is 25.2 Å². The number of hydrogen-bond acceptors (Lipinski definition) is 8. The molecule has 1 aromatic carbocycles. The molecule has 0 atom stereocenters. The van der Waals surface area contributed by atoms with Crippen molar-refractivity contribution in [2.75, 3.05) is 49.8 Å². The van der Waals surface area contributed by atoms with Gasteiger partial charge in [0.25, 0.3) is 0 Å². The van der Waals surface area contributed by atoms with E-state index in [1.54, 1.807) is 7.11 Å². The number of rotatable bonds is 6. The maximum atomic E-state index is 6.10. The van der Waals surface area contributed by atoms with Gasteiger partial charge in [0.15, 0.2) is 23.1 Å². The van der Waals surface area contributed by atoms with Crippen molar-refractivity contribution >= 4 is 23.0 Å². The fraction of sp³-hybridized carbons (Fsp3) is 0.333. The van der Waals surface area contributed by atoms with Crippen LogP contribution in [0.4, 0.5) is 23.0 Å². The van der Waals surface area contributed by atoms with Crippen LogP contribution in [0.1, 0.15) is 0 Å². The van der Waals surface area contributed by atoms with E-state index in [0.29, 0.717) is 49.4 Å². The van der Waals surface area contributed by atoms with Crippen molar-refractivity contribution in [3.05, 3.63) is 24.5 Å². The fourth-order valence-corrected chi connectivity index (χ4v) is 2.17. The Labute approximate surface area is 134 Å². The van der Waals surface area contributed by atoms with Gasteiger partial charge in [-0.05, 0) is 12.1 Å². The van der Waals surface area contributed by atoms with Crippen LogP contribution in [0.15, 0.2) is 24.5 Å². The lowest BCUT2D eigenvalue weighted by Gasteiger charge is -2.19. The lowest BCUT2D eigenvalue weighted by atomic mass is 10.2. The molecule has 8 heteroatoms. The number of nitrogens with one attached hydrogen (secondary N) is 2. The molecule has 0 amide bonds. The van der Waals surface area contributed by atoms with Crippen molar-refractivity contribution in [1.29, 1.82) is 0 Å². The van der Waals surface area contributed by atoms with E-state index in [-0.39, 0.29) is 0 Å². The summed E-state index contributed by atoms with van der Waals surface area (Å²) in [5, 5.41) is 6.27. The van der Waals surface area contributed by atoms with Gasteiger partial charge in [0.2, 0.25) is 0 Å². The highest BCUT2D eigenvalue weighted by molar-refractivity contribution is 5.78. The summed E-state index contributed by atoms with van der Waals surface area (Å²) < 4.78 is 16.1. The van der Waals surface area contributed by atoms with E-state index in [4.69, 9.17) is 19.9 Å². The SMILES string of the molecule is COCCNc1ncnc(Nc2ccc3c(c2)OCCO3)c1N. The minimum atomic E-state index is 0.443. The Balaban J connectivity index is 1.76. The molecule has 1 aromatic heterocycles. The second-order valence-electron chi connectivity index (χ2n) is 4.89. The second-order valence-corrected chi connectivity index (χ2v) is 4.89. The van der Waals surface area contributed by atoms with Gasteiger partial charge in [-0.1, -0.05) is 0 Å². The number of anilines is 4. The van der Waals surface area contributed by atoms with Gasteiger partial charge in [-0.2, -0.15) is 0 Å². The molecule has 0 fully saturated rings. The number of hydrogen-bond donors (Lipinski definition) is 3. The molecule has 0 unspecified atom stereocenters. The zero-order valence-corrected chi connectivity index (χ0v) is 12.8. The Hall–Kier alpha value is -2.74. The second kappa shape index (κ2) is 7.01. The van der Waals surface area contributed by atoms with Crippen molar-refractivity contribution in [3.8, 4) is 11.5 Å². The Morgan fingerprint density at radius 2 is 1.96 bits per heavy atom. The van der Waals surface area contributed by atoms with Gasteiger partial charge in [-0.25, -0.2) is 9.97 Å². The predicted molar refractivity (Wildman–Crippen MR) is 87.5 cm³/mol. The molecule has 4 N–H and O–H groups in total. The maximum Gasteiger partial charge on any atom is 0.163 e. The summed E-state index contributed by atoms with van der Waals surface area (Å²) >= 11 is 0. The highest BCUT2D eigenvalue weighted by Crippen LogP contribution is 2.34.